The van der Waals surface area contributed by atoms with Crippen molar-refractivity contribution >= 4 is 39.3 Å². The summed E-state index contributed by atoms with van der Waals surface area (Å²) in [6.07, 6.45) is 3.32. The molecule has 0 amide bonds. The van der Waals surface area contributed by atoms with E-state index >= 15 is 0 Å². The monoisotopic (exact) mass is 354 g/mol. The van der Waals surface area contributed by atoms with Crippen molar-refractivity contribution in [2.24, 2.45) is 5.10 Å². The second-order valence-corrected chi connectivity index (χ2v) is 3.85. The van der Waals surface area contributed by atoms with Crippen LogP contribution in [-0.4, -0.2) is 16.3 Å². The summed E-state index contributed by atoms with van der Waals surface area (Å²) in [7, 11) is 4.20. The first-order valence-corrected chi connectivity index (χ1v) is 7.22. The van der Waals surface area contributed by atoms with Gasteiger partial charge in [-0.2, -0.15) is 5.10 Å². The van der Waals surface area contributed by atoms with Crippen LogP contribution in [0.2, 0.25) is 0 Å². The molecule has 0 spiro atoms. The van der Waals surface area contributed by atoms with Gasteiger partial charge in [0.25, 0.3) is 0 Å². The van der Waals surface area contributed by atoms with Crippen molar-refractivity contribution in [2.75, 3.05) is 5.32 Å². The third-order valence-electron chi connectivity index (χ3n) is 2.08. The van der Waals surface area contributed by atoms with Crippen LogP contribution in [0.1, 0.15) is 5.69 Å². The van der Waals surface area contributed by atoms with E-state index in [2.05, 4.69) is 46.0 Å². The molecule has 1 aromatic heterocycles. The maximum atomic E-state index is 5.10. The number of hydrazone groups is 1. The molecule has 0 radical (unpaired) electrons. The first-order valence-electron chi connectivity index (χ1n) is 5.52. The molecule has 0 bridgehead atoms. The molecule has 0 aliphatic carbocycles. The van der Waals surface area contributed by atoms with E-state index in [1.807, 2.05) is 48.5 Å². The van der Waals surface area contributed by atoms with Gasteiger partial charge in [0.1, 0.15) is 0 Å². The summed E-state index contributed by atoms with van der Waals surface area (Å²) >= 11 is 8.75. The van der Waals surface area contributed by atoms with Crippen LogP contribution >= 0.6 is 22.3 Å². The molecule has 0 saturated carbocycles. The molecule has 2 aromatic rings. The number of hydrogen-bond acceptors (Lipinski definition) is 3. The molecule has 1 aromatic carbocycles. The maximum absolute atomic E-state index is 5.10. The number of hydrogen-bond donors (Lipinski definition) is 2. The number of halogens is 1. The second-order valence-electron chi connectivity index (χ2n) is 3.44. The summed E-state index contributed by atoms with van der Waals surface area (Å²) in [6.45, 7) is 0. The SMILES string of the molecule is S=C(NN=Cc1ccccn1)Nc1ccccc1.[Cl][Cu]. The van der Waals surface area contributed by atoms with Crippen molar-refractivity contribution in [2.45, 2.75) is 0 Å². The number of rotatable bonds is 3. The Morgan fingerprint density at radius 2 is 1.85 bits per heavy atom. The van der Waals surface area contributed by atoms with Crippen molar-refractivity contribution in [3.05, 3.63) is 60.4 Å². The molecule has 2 rings (SSSR count). The average molecular weight is 355 g/mol. The van der Waals surface area contributed by atoms with Gasteiger partial charge in [-0.05, 0) is 36.5 Å². The Labute approximate surface area is 135 Å². The topological polar surface area (TPSA) is 49.3 Å². The fourth-order valence-electron chi connectivity index (χ4n) is 1.29. The Morgan fingerprint density at radius 1 is 1.15 bits per heavy atom. The summed E-state index contributed by atoms with van der Waals surface area (Å²) in [5.41, 5.74) is 4.42. The number of benzene rings is 1. The molecule has 0 saturated heterocycles. The molecule has 0 fully saturated rings. The zero-order chi connectivity index (χ0) is 14.6. The Morgan fingerprint density at radius 3 is 2.50 bits per heavy atom. The Balaban J connectivity index is 0.000000956. The molecular formula is C13H12ClCuN4S. The summed E-state index contributed by atoms with van der Waals surface area (Å²) < 4.78 is 0. The Kier molecular flexibility index (Phi) is 8.58. The second kappa shape index (κ2) is 10.3. The van der Waals surface area contributed by atoms with Gasteiger partial charge in [0.2, 0.25) is 0 Å². The van der Waals surface area contributed by atoms with Crippen molar-refractivity contribution in [3.8, 4) is 0 Å². The predicted octanol–water partition coefficient (Wildman–Crippen LogP) is 3.09. The first-order chi connectivity index (χ1) is 9.84. The molecule has 0 aliphatic heterocycles. The van der Waals surface area contributed by atoms with Crippen LogP contribution in [0.25, 0.3) is 0 Å². The molecule has 7 heteroatoms. The molecule has 108 valence electrons. The van der Waals surface area contributed by atoms with Crippen LogP contribution in [0, 0.1) is 0 Å². The number of pyridine rings is 1. The number of thiocarbonyl (C=S) groups is 1. The van der Waals surface area contributed by atoms with Gasteiger partial charge < -0.3 is 5.32 Å². The molecule has 0 atom stereocenters. The van der Waals surface area contributed by atoms with E-state index in [0.717, 1.165) is 11.4 Å². The van der Waals surface area contributed by atoms with Gasteiger partial charge in [0.05, 0.1) is 11.9 Å². The van der Waals surface area contributed by atoms with E-state index in [0.29, 0.717) is 5.11 Å². The van der Waals surface area contributed by atoms with Crippen LogP contribution in [0.3, 0.4) is 0 Å². The number of para-hydroxylation sites is 1. The zero-order valence-corrected chi connectivity index (χ0v) is 12.8. The molecule has 0 unspecified atom stereocenters. The molecule has 2 N–H and O–H groups in total. The van der Waals surface area contributed by atoms with Crippen molar-refractivity contribution in [1.29, 1.82) is 0 Å². The van der Waals surface area contributed by atoms with Gasteiger partial charge in [-0.15, -0.1) is 0 Å². The molecule has 1 heterocycles. The Hall–Kier alpha value is -1.46. The summed E-state index contributed by atoms with van der Waals surface area (Å²) in [5, 5.41) is 7.45. The predicted molar refractivity (Wildman–Crippen MR) is 83.5 cm³/mol. The molecular weight excluding hydrogens is 343 g/mol. The van der Waals surface area contributed by atoms with Crippen LogP contribution in [0.5, 0.6) is 0 Å². The van der Waals surface area contributed by atoms with E-state index in [-0.39, 0.29) is 0 Å². The van der Waals surface area contributed by atoms with Crippen LogP contribution in [0.15, 0.2) is 59.8 Å². The Bertz CT molecular complexity index is 537. The number of nitrogens with zero attached hydrogens (tertiary/aromatic N) is 2. The third-order valence-corrected chi connectivity index (χ3v) is 2.28. The normalized spacial score (nSPS) is 9.55. The van der Waals surface area contributed by atoms with Gasteiger partial charge in [0, 0.05) is 11.9 Å². The quantitative estimate of drug-likeness (QED) is 0.385. The van der Waals surface area contributed by atoms with E-state index in [4.69, 9.17) is 12.2 Å². The number of aromatic nitrogens is 1. The minimum absolute atomic E-state index is 0.438. The standard InChI is InChI=1S/C13H12N4S.ClH.Cu/c18-13(16-11-6-2-1-3-7-11)17-15-10-12-8-4-5-9-14-12;;/h1-10H,(H2,16,17,18);1H;/q;;+1/p-1. The van der Waals surface area contributed by atoms with Gasteiger partial charge >= 0.3 is 25.2 Å². The van der Waals surface area contributed by atoms with Gasteiger partial charge in [0.15, 0.2) is 5.11 Å². The average Bonchev–Trinajstić information content (AvgIpc) is 2.51. The summed E-state index contributed by atoms with van der Waals surface area (Å²) in [4.78, 5) is 4.11. The summed E-state index contributed by atoms with van der Waals surface area (Å²) in [6, 6.07) is 15.3. The van der Waals surface area contributed by atoms with Crippen LogP contribution < -0.4 is 10.7 Å². The van der Waals surface area contributed by atoms with E-state index in [9.17, 15) is 0 Å². The molecule has 20 heavy (non-hydrogen) atoms. The fourth-order valence-corrected chi connectivity index (χ4v) is 1.46. The fraction of sp³-hybridized carbons (Fsp3) is 0. The number of nitrogens with one attached hydrogen (secondary N) is 2. The first kappa shape index (κ1) is 16.6. The minimum atomic E-state index is 0.438. The van der Waals surface area contributed by atoms with Gasteiger partial charge in [-0.3, -0.25) is 10.4 Å². The molecule has 0 aliphatic rings. The van der Waals surface area contributed by atoms with Crippen molar-refractivity contribution in [3.63, 3.8) is 0 Å². The zero-order valence-electron chi connectivity index (χ0n) is 10.3. The number of anilines is 1. The van der Waals surface area contributed by atoms with Crippen molar-refractivity contribution < 1.29 is 15.1 Å². The summed E-state index contributed by atoms with van der Waals surface area (Å²) in [5.74, 6) is 0. The third kappa shape index (κ3) is 6.63. The van der Waals surface area contributed by atoms with Crippen LogP contribution in [0.4, 0.5) is 5.69 Å². The van der Waals surface area contributed by atoms with Gasteiger partial charge in [-0.25, -0.2) is 0 Å². The van der Waals surface area contributed by atoms with Crippen LogP contribution in [-0.2, 0) is 15.1 Å². The van der Waals surface area contributed by atoms with Crippen molar-refractivity contribution in [1.82, 2.24) is 10.4 Å². The molecule has 4 nitrogen and oxygen atoms in total. The van der Waals surface area contributed by atoms with E-state index in [1.54, 1.807) is 12.4 Å². The van der Waals surface area contributed by atoms with E-state index in [1.165, 1.54) is 0 Å². The van der Waals surface area contributed by atoms with Gasteiger partial charge in [-0.1, -0.05) is 24.3 Å². The van der Waals surface area contributed by atoms with E-state index < -0.39 is 0 Å².